The summed E-state index contributed by atoms with van der Waals surface area (Å²) in [6, 6.07) is 23.6. The number of rotatable bonds is 13. The summed E-state index contributed by atoms with van der Waals surface area (Å²) in [5.41, 5.74) is 5.66. The normalized spacial score (nSPS) is 15.6. The van der Waals surface area contributed by atoms with Crippen LogP contribution < -0.4 is 5.32 Å². The molecule has 1 heterocycles. The van der Waals surface area contributed by atoms with Gasteiger partial charge in [-0.2, -0.15) is 11.8 Å². The highest BCUT2D eigenvalue weighted by atomic mass is 32.2. The molecule has 0 radical (unpaired) electrons. The van der Waals surface area contributed by atoms with E-state index in [1.807, 2.05) is 81.6 Å². The summed E-state index contributed by atoms with van der Waals surface area (Å²) in [7, 11) is 0. The third-order valence-corrected chi connectivity index (χ3v) is 7.93. The van der Waals surface area contributed by atoms with Gasteiger partial charge in [0.1, 0.15) is 6.04 Å². The first-order valence-electron chi connectivity index (χ1n) is 14.5. The molecule has 3 aromatic carbocycles. The third kappa shape index (κ3) is 9.45. The van der Waals surface area contributed by atoms with Gasteiger partial charge in [-0.3, -0.25) is 9.69 Å². The van der Waals surface area contributed by atoms with Gasteiger partial charge in [0, 0.05) is 18.2 Å². The Kier molecular flexibility index (Phi) is 13.4. The van der Waals surface area contributed by atoms with E-state index in [9.17, 15) is 14.7 Å². The summed E-state index contributed by atoms with van der Waals surface area (Å²) < 4.78 is 6.07. The monoisotopic (exact) mass is 576 g/mol. The minimum atomic E-state index is -1.01. The van der Waals surface area contributed by atoms with Crippen molar-refractivity contribution in [2.24, 2.45) is 0 Å². The van der Waals surface area contributed by atoms with Gasteiger partial charge < -0.3 is 15.2 Å². The fourth-order valence-electron chi connectivity index (χ4n) is 5.13. The highest BCUT2D eigenvalue weighted by Gasteiger charge is 2.26. The van der Waals surface area contributed by atoms with Crippen molar-refractivity contribution in [3.63, 3.8) is 0 Å². The Morgan fingerprint density at radius 3 is 2.46 bits per heavy atom. The number of hydrogen-bond acceptors (Lipinski definition) is 5. The van der Waals surface area contributed by atoms with Gasteiger partial charge in [0.2, 0.25) is 0 Å². The number of carboxylic acid groups (broad SMARTS) is 1. The minimum Gasteiger partial charge on any atom is -0.480 e. The van der Waals surface area contributed by atoms with E-state index in [0.29, 0.717) is 37.0 Å². The molecular formula is C34H44N2O4S. The van der Waals surface area contributed by atoms with Crippen molar-refractivity contribution in [3.05, 3.63) is 95.1 Å². The van der Waals surface area contributed by atoms with Gasteiger partial charge in [-0.05, 0) is 84.7 Å². The predicted octanol–water partition coefficient (Wildman–Crippen LogP) is 6.81. The zero-order valence-corrected chi connectivity index (χ0v) is 25.6. The molecule has 4 rings (SSSR count). The predicted molar refractivity (Wildman–Crippen MR) is 169 cm³/mol. The number of amides is 1. The number of carboxylic acids is 1. The summed E-state index contributed by atoms with van der Waals surface area (Å²) in [5.74, 6) is -0.713. The number of thioether (sulfide) groups is 1. The van der Waals surface area contributed by atoms with Crippen molar-refractivity contribution in [1.29, 1.82) is 0 Å². The molecule has 220 valence electrons. The Balaban J connectivity index is 0.00000226. The van der Waals surface area contributed by atoms with Gasteiger partial charge in [-0.25, -0.2) is 4.79 Å². The summed E-state index contributed by atoms with van der Waals surface area (Å²) in [6.07, 6.45) is 4.54. The minimum absolute atomic E-state index is 0.353. The maximum atomic E-state index is 13.4. The van der Waals surface area contributed by atoms with Gasteiger partial charge in [0.15, 0.2) is 0 Å². The van der Waals surface area contributed by atoms with Gasteiger partial charge in [-0.15, -0.1) is 0 Å². The van der Waals surface area contributed by atoms with Crippen molar-refractivity contribution in [2.75, 3.05) is 25.2 Å². The zero-order valence-electron chi connectivity index (χ0n) is 24.8. The van der Waals surface area contributed by atoms with Gasteiger partial charge in [0.05, 0.1) is 13.2 Å². The SMILES string of the molecule is CC.CSCCC(NC(=O)c1ccc(CN2CCCC2COCc2ccccc2)cc1-c1ccccc1C)C(=O)O. The second-order valence-corrected chi connectivity index (χ2v) is 11.1. The van der Waals surface area contributed by atoms with E-state index >= 15 is 0 Å². The number of hydrogen-bond donors (Lipinski definition) is 2. The molecule has 2 N–H and O–H groups in total. The summed E-state index contributed by atoms with van der Waals surface area (Å²) >= 11 is 1.56. The van der Waals surface area contributed by atoms with Crippen molar-refractivity contribution < 1.29 is 19.4 Å². The van der Waals surface area contributed by atoms with Crippen LogP contribution in [0.3, 0.4) is 0 Å². The number of aryl methyl sites for hydroxylation is 1. The lowest BCUT2D eigenvalue weighted by molar-refractivity contribution is -0.139. The molecule has 1 aliphatic heterocycles. The molecule has 1 aliphatic rings. The van der Waals surface area contributed by atoms with Crippen LogP contribution in [0.2, 0.25) is 0 Å². The number of likely N-dealkylation sites (tertiary alicyclic amines) is 1. The van der Waals surface area contributed by atoms with Crippen LogP contribution in [0.4, 0.5) is 0 Å². The Bertz CT molecular complexity index is 1250. The molecular weight excluding hydrogens is 532 g/mol. The molecule has 0 saturated carbocycles. The lowest BCUT2D eigenvalue weighted by Crippen LogP contribution is -2.41. The lowest BCUT2D eigenvalue weighted by Gasteiger charge is -2.25. The maximum Gasteiger partial charge on any atom is 0.326 e. The zero-order chi connectivity index (χ0) is 29.6. The summed E-state index contributed by atoms with van der Waals surface area (Å²) in [4.78, 5) is 27.6. The van der Waals surface area contributed by atoms with Gasteiger partial charge in [-0.1, -0.05) is 74.5 Å². The van der Waals surface area contributed by atoms with Crippen molar-refractivity contribution in [1.82, 2.24) is 10.2 Å². The second-order valence-electron chi connectivity index (χ2n) is 10.1. The number of nitrogens with zero attached hydrogens (tertiary/aromatic N) is 1. The number of benzene rings is 3. The van der Waals surface area contributed by atoms with Crippen molar-refractivity contribution >= 4 is 23.6 Å². The van der Waals surface area contributed by atoms with Crippen molar-refractivity contribution in [2.45, 2.75) is 65.3 Å². The molecule has 6 nitrogen and oxygen atoms in total. The van der Waals surface area contributed by atoms with Crippen LogP contribution in [0, 0.1) is 6.92 Å². The Hall–Kier alpha value is -3.13. The van der Waals surface area contributed by atoms with Crippen LogP contribution >= 0.6 is 11.8 Å². The number of aliphatic carboxylic acids is 1. The third-order valence-electron chi connectivity index (χ3n) is 7.28. The molecule has 1 amide bonds. The molecule has 7 heteroatoms. The Labute approximate surface area is 249 Å². The molecule has 1 saturated heterocycles. The van der Waals surface area contributed by atoms with Crippen LogP contribution in [0.15, 0.2) is 72.8 Å². The van der Waals surface area contributed by atoms with E-state index in [1.165, 1.54) is 5.56 Å². The fourth-order valence-corrected chi connectivity index (χ4v) is 5.60. The quantitative estimate of drug-likeness (QED) is 0.233. The lowest BCUT2D eigenvalue weighted by atomic mass is 9.93. The smallest absolute Gasteiger partial charge is 0.326 e. The Morgan fingerprint density at radius 2 is 1.76 bits per heavy atom. The number of carbonyl (C=O) groups is 2. The molecule has 3 aromatic rings. The molecule has 1 fully saturated rings. The van der Waals surface area contributed by atoms with Crippen LogP contribution in [0.5, 0.6) is 0 Å². The number of nitrogens with one attached hydrogen (secondary N) is 1. The fraction of sp³-hybridized carbons (Fsp3) is 0.412. The average molecular weight is 577 g/mol. The van der Waals surface area contributed by atoms with E-state index in [2.05, 4.69) is 28.4 Å². The van der Waals surface area contributed by atoms with E-state index in [-0.39, 0.29) is 5.91 Å². The van der Waals surface area contributed by atoms with Crippen LogP contribution in [-0.4, -0.2) is 59.1 Å². The molecule has 2 unspecified atom stereocenters. The largest absolute Gasteiger partial charge is 0.480 e. The molecule has 2 atom stereocenters. The number of carbonyl (C=O) groups excluding carboxylic acids is 1. The second kappa shape index (κ2) is 17.0. The van der Waals surface area contributed by atoms with Gasteiger partial charge in [0.25, 0.3) is 5.91 Å². The topological polar surface area (TPSA) is 78.9 Å². The first kappa shape index (κ1) is 32.4. The maximum absolute atomic E-state index is 13.4. The molecule has 0 bridgehead atoms. The van der Waals surface area contributed by atoms with Crippen LogP contribution in [0.25, 0.3) is 11.1 Å². The first-order chi connectivity index (χ1) is 20.0. The van der Waals surface area contributed by atoms with Crippen molar-refractivity contribution in [3.8, 4) is 11.1 Å². The highest BCUT2D eigenvalue weighted by molar-refractivity contribution is 7.98. The van der Waals surface area contributed by atoms with E-state index in [0.717, 1.165) is 48.2 Å². The standard InChI is InChI=1S/C32H38N2O4S.C2H6/c1-23-9-6-7-13-27(23)29-19-25(14-15-28(29)31(35)33-30(32(36)37)16-18-39-2)20-34-17-8-12-26(34)22-38-21-24-10-4-3-5-11-24;1-2/h3-7,9-11,13-15,19,26,30H,8,12,16-18,20-22H2,1-2H3,(H,33,35)(H,36,37);1-2H3. The summed E-state index contributed by atoms with van der Waals surface area (Å²) in [6.45, 7) is 9.11. The number of ether oxygens (including phenoxy) is 1. The molecule has 0 aliphatic carbocycles. The summed E-state index contributed by atoms with van der Waals surface area (Å²) in [5, 5.41) is 12.4. The molecule has 0 spiro atoms. The Morgan fingerprint density at radius 1 is 1.02 bits per heavy atom. The highest BCUT2D eigenvalue weighted by Crippen LogP contribution is 2.30. The van der Waals surface area contributed by atoms with Crippen LogP contribution in [0.1, 0.15) is 60.2 Å². The molecule has 41 heavy (non-hydrogen) atoms. The van der Waals surface area contributed by atoms with Gasteiger partial charge >= 0.3 is 5.97 Å². The average Bonchev–Trinajstić information content (AvgIpc) is 3.43. The van der Waals surface area contributed by atoms with Crippen LogP contribution in [-0.2, 0) is 22.7 Å². The van der Waals surface area contributed by atoms with E-state index < -0.39 is 12.0 Å². The van der Waals surface area contributed by atoms with E-state index in [1.54, 1.807) is 11.8 Å². The molecule has 0 aromatic heterocycles. The first-order valence-corrected chi connectivity index (χ1v) is 15.9. The van der Waals surface area contributed by atoms with E-state index in [4.69, 9.17) is 4.74 Å².